The van der Waals surface area contributed by atoms with Crippen LogP contribution < -0.4 is 5.32 Å². The van der Waals surface area contributed by atoms with E-state index >= 15 is 0 Å². The summed E-state index contributed by atoms with van der Waals surface area (Å²) >= 11 is 0. The Hall–Kier alpha value is -4.63. The minimum absolute atomic E-state index is 0.679. The van der Waals surface area contributed by atoms with Gasteiger partial charge in [-0.3, -0.25) is 20.1 Å². The molecule has 9 heteroatoms. The zero-order valence-corrected chi connectivity index (χ0v) is 22.1. The Morgan fingerprint density at radius 3 is 2.74 bits per heavy atom. The van der Waals surface area contributed by atoms with Gasteiger partial charge in [-0.1, -0.05) is 38.7 Å². The first-order valence-electron chi connectivity index (χ1n) is 12.7. The number of H-pyrrole nitrogens is 2. The minimum atomic E-state index is 0.679. The molecule has 3 N–H and O–H groups in total. The zero-order chi connectivity index (χ0) is 26.6. The molecule has 1 aliphatic rings. The minimum Gasteiger partial charge on any atom is -0.357 e. The molecule has 0 saturated carbocycles. The maximum absolute atomic E-state index is 4.89. The second kappa shape index (κ2) is 10.8. The number of likely N-dealkylation sites (N-methyl/N-ethyl adjacent to an activating group) is 1. The van der Waals surface area contributed by atoms with E-state index in [1.165, 1.54) is 0 Å². The van der Waals surface area contributed by atoms with Gasteiger partial charge in [-0.25, -0.2) is 4.98 Å². The van der Waals surface area contributed by atoms with E-state index in [2.05, 4.69) is 65.2 Å². The highest BCUT2D eigenvalue weighted by atomic mass is 15.1. The van der Waals surface area contributed by atoms with E-state index in [1.54, 1.807) is 24.8 Å². The van der Waals surface area contributed by atoms with Crippen LogP contribution in [0, 0.1) is 0 Å². The van der Waals surface area contributed by atoms with Crippen molar-refractivity contribution in [1.29, 1.82) is 0 Å². The molecule has 0 atom stereocenters. The van der Waals surface area contributed by atoms with E-state index in [1.807, 2.05) is 46.1 Å². The van der Waals surface area contributed by atoms with Crippen LogP contribution in [0.1, 0.15) is 26.0 Å². The summed E-state index contributed by atoms with van der Waals surface area (Å²) in [7, 11) is 4.01. The van der Waals surface area contributed by atoms with Gasteiger partial charge in [0.15, 0.2) is 5.82 Å². The van der Waals surface area contributed by atoms with E-state index in [9.17, 15) is 0 Å². The number of nitrogens with one attached hydrogen (secondary N) is 3. The van der Waals surface area contributed by atoms with Crippen LogP contribution in [0.4, 0.5) is 5.69 Å². The quantitative estimate of drug-likeness (QED) is 0.256. The zero-order valence-electron chi connectivity index (χ0n) is 22.1. The highest BCUT2D eigenvalue weighted by Crippen LogP contribution is 2.32. The summed E-state index contributed by atoms with van der Waals surface area (Å²) in [5.41, 5.74) is 8.71. The predicted molar refractivity (Wildman–Crippen MR) is 154 cm³/mol. The molecule has 0 unspecified atom stereocenters. The third kappa shape index (κ3) is 4.96. The van der Waals surface area contributed by atoms with E-state index in [0.29, 0.717) is 5.82 Å². The van der Waals surface area contributed by atoms with Crippen LogP contribution in [-0.4, -0.2) is 60.7 Å². The van der Waals surface area contributed by atoms with Crippen molar-refractivity contribution in [2.24, 2.45) is 0 Å². The highest BCUT2D eigenvalue weighted by molar-refractivity contribution is 5.97. The van der Waals surface area contributed by atoms with Crippen molar-refractivity contribution >= 4 is 33.2 Å². The molecule has 0 amide bonds. The molecule has 6 rings (SSSR count). The lowest BCUT2D eigenvalue weighted by molar-refractivity contribution is 0.447. The lowest BCUT2D eigenvalue weighted by atomic mass is 10.1. The summed E-state index contributed by atoms with van der Waals surface area (Å²) in [4.78, 5) is 24.0. The van der Waals surface area contributed by atoms with Crippen LogP contribution in [0.3, 0.4) is 0 Å². The number of rotatable bonds is 7. The van der Waals surface area contributed by atoms with Crippen molar-refractivity contribution in [3.05, 3.63) is 79.2 Å². The monoisotopic (exact) mass is 505 g/mol. The lowest BCUT2D eigenvalue weighted by Gasteiger charge is -2.14. The van der Waals surface area contributed by atoms with E-state index in [0.717, 1.165) is 74.5 Å². The van der Waals surface area contributed by atoms with Crippen LogP contribution in [-0.2, 0) is 0 Å². The van der Waals surface area contributed by atoms with Gasteiger partial charge in [0.05, 0.1) is 40.5 Å². The maximum atomic E-state index is 4.89. The van der Waals surface area contributed by atoms with E-state index in [4.69, 9.17) is 4.98 Å². The van der Waals surface area contributed by atoms with Crippen LogP contribution >= 0.6 is 0 Å². The first-order chi connectivity index (χ1) is 18.5. The molecular formula is C29H31N9. The Labute approximate surface area is 221 Å². The number of hydrogen-bond acceptors (Lipinski definition) is 7. The van der Waals surface area contributed by atoms with Crippen molar-refractivity contribution in [2.45, 2.75) is 20.3 Å². The largest absolute Gasteiger partial charge is 0.357 e. The second-order valence-corrected chi connectivity index (χ2v) is 9.05. The molecule has 0 aromatic carbocycles. The van der Waals surface area contributed by atoms with Gasteiger partial charge in [-0.15, -0.1) is 0 Å². The van der Waals surface area contributed by atoms with Crippen LogP contribution in [0.25, 0.3) is 50.3 Å². The standard InChI is InChI=1S/C27H25N9.C2H6/c1-16(15-36(2)3)31-19-10-18(12-28-13-19)22-11-20-23(14-30-22)34-35-25(20)27-32-21-8-9-29-24(26(21)33-27)17-6-4-5-7-17;1-2/h4,6-14,31H,1,5,15H2,2-3H3,(H,32,33)(H,34,35);1-2H3. The normalized spacial score (nSPS) is 12.6. The van der Waals surface area contributed by atoms with E-state index in [-0.39, 0.29) is 0 Å². The molecule has 38 heavy (non-hydrogen) atoms. The summed E-state index contributed by atoms with van der Waals surface area (Å²) in [5.74, 6) is 0.679. The number of allylic oxidation sites excluding steroid dienone is 4. The van der Waals surface area contributed by atoms with Crippen molar-refractivity contribution in [2.75, 3.05) is 26.0 Å². The van der Waals surface area contributed by atoms with Gasteiger partial charge in [0, 0.05) is 35.6 Å². The van der Waals surface area contributed by atoms with Crippen LogP contribution in [0.5, 0.6) is 0 Å². The van der Waals surface area contributed by atoms with E-state index < -0.39 is 0 Å². The molecule has 5 aromatic rings. The summed E-state index contributed by atoms with van der Waals surface area (Å²) in [6.45, 7) is 8.82. The predicted octanol–water partition coefficient (Wildman–Crippen LogP) is 5.81. The van der Waals surface area contributed by atoms with Crippen LogP contribution in [0.15, 0.2) is 73.5 Å². The fourth-order valence-corrected chi connectivity index (χ4v) is 4.42. The molecule has 5 aromatic heterocycles. The topological polar surface area (TPSA) is 111 Å². The Kier molecular flexibility index (Phi) is 7.10. The number of imidazole rings is 1. The number of nitrogens with zero attached hydrogens (tertiary/aromatic N) is 6. The first-order valence-corrected chi connectivity index (χ1v) is 12.7. The lowest BCUT2D eigenvalue weighted by Crippen LogP contribution is -2.18. The summed E-state index contributed by atoms with van der Waals surface area (Å²) < 4.78 is 0. The van der Waals surface area contributed by atoms with Crippen molar-refractivity contribution < 1.29 is 0 Å². The fourth-order valence-electron chi connectivity index (χ4n) is 4.42. The Bertz CT molecular complexity index is 1670. The third-order valence-electron chi connectivity index (χ3n) is 5.98. The molecule has 0 spiro atoms. The highest BCUT2D eigenvalue weighted by Gasteiger charge is 2.17. The van der Waals surface area contributed by atoms with Gasteiger partial charge in [-0.2, -0.15) is 5.10 Å². The first kappa shape index (κ1) is 25.0. The summed E-state index contributed by atoms with van der Waals surface area (Å²) in [5, 5.41) is 11.9. The molecular weight excluding hydrogens is 474 g/mol. The van der Waals surface area contributed by atoms with Crippen molar-refractivity contribution in [3.8, 4) is 22.8 Å². The Morgan fingerprint density at radius 2 is 1.95 bits per heavy atom. The molecule has 0 aliphatic heterocycles. The number of anilines is 1. The van der Waals surface area contributed by atoms with Gasteiger partial charge >= 0.3 is 0 Å². The van der Waals surface area contributed by atoms with Crippen LogP contribution in [0.2, 0.25) is 0 Å². The fraction of sp³-hybridized carbons (Fsp3) is 0.207. The summed E-state index contributed by atoms with van der Waals surface area (Å²) in [6.07, 6.45) is 14.5. The van der Waals surface area contributed by atoms with Crippen molar-refractivity contribution in [3.63, 3.8) is 0 Å². The van der Waals surface area contributed by atoms with Gasteiger partial charge in [0.2, 0.25) is 0 Å². The molecule has 0 fully saturated rings. The van der Waals surface area contributed by atoms with Gasteiger partial charge in [0.1, 0.15) is 11.2 Å². The maximum Gasteiger partial charge on any atom is 0.159 e. The molecule has 0 bridgehead atoms. The number of hydrogen-bond donors (Lipinski definition) is 3. The molecule has 1 aliphatic carbocycles. The smallest absolute Gasteiger partial charge is 0.159 e. The number of pyridine rings is 3. The van der Waals surface area contributed by atoms with Crippen molar-refractivity contribution in [1.82, 2.24) is 40.0 Å². The Morgan fingerprint density at radius 1 is 1.08 bits per heavy atom. The molecule has 0 radical (unpaired) electrons. The molecule has 9 nitrogen and oxygen atoms in total. The summed E-state index contributed by atoms with van der Waals surface area (Å²) in [6, 6.07) is 5.96. The molecule has 0 saturated heterocycles. The third-order valence-corrected chi connectivity index (χ3v) is 5.98. The average molecular weight is 506 g/mol. The molecule has 192 valence electrons. The second-order valence-electron chi connectivity index (χ2n) is 9.05. The average Bonchev–Trinajstić information content (AvgIpc) is 3.68. The van der Waals surface area contributed by atoms with Gasteiger partial charge in [-0.05, 0) is 44.3 Å². The number of aromatic nitrogens is 7. The SMILES string of the molecule is C=C(CN(C)C)Nc1cncc(-c2cc3c(-c4nc5c(C6=CCC=C6)nccc5[nH]4)n[nH]c3cn2)c1.CC. The number of fused-ring (bicyclic) bond motifs is 2. The van der Waals surface area contributed by atoms with Gasteiger partial charge in [0.25, 0.3) is 0 Å². The van der Waals surface area contributed by atoms with Gasteiger partial charge < -0.3 is 15.2 Å². The molecule has 5 heterocycles. The number of aromatic amines is 2. The Balaban J connectivity index is 0.00000144.